The monoisotopic (exact) mass is 331 g/mol. The molecule has 0 amide bonds. The van der Waals surface area contributed by atoms with Crippen molar-refractivity contribution in [1.29, 1.82) is 0 Å². The average Bonchev–Trinajstić information content (AvgIpc) is 2.93. The quantitative estimate of drug-likeness (QED) is 0.545. The maximum absolute atomic E-state index is 8.83. The smallest absolute Gasteiger partial charge is 0.208 e. The molecule has 2 rings (SSSR count). The zero-order chi connectivity index (χ0) is 15.4. The molecule has 114 valence electrons. The number of aliphatic hydroxyl groups is 2. The van der Waals surface area contributed by atoms with E-state index in [0.717, 1.165) is 11.8 Å². The van der Waals surface area contributed by atoms with Gasteiger partial charge in [0, 0.05) is 5.56 Å². The minimum Gasteiger partial charge on any atom is -0.493 e. The van der Waals surface area contributed by atoms with E-state index in [4.69, 9.17) is 31.3 Å². The van der Waals surface area contributed by atoms with Gasteiger partial charge in [0.25, 0.3) is 0 Å². The van der Waals surface area contributed by atoms with E-state index in [9.17, 15) is 0 Å². The largest absolute Gasteiger partial charge is 0.493 e. The summed E-state index contributed by atoms with van der Waals surface area (Å²) in [5.41, 5.74) is 0.609. The first-order chi connectivity index (χ1) is 10.1. The molecule has 0 saturated heterocycles. The second-order valence-electron chi connectivity index (χ2n) is 3.92. The van der Waals surface area contributed by atoms with Crippen LogP contribution in [0.4, 0.5) is 0 Å². The predicted molar refractivity (Wildman–Crippen MR) is 78.9 cm³/mol. The van der Waals surface area contributed by atoms with Crippen molar-refractivity contribution in [2.45, 2.75) is 11.4 Å². The van der Waals surface area contributed by atoms with E-state index in [1.165, 1.54) is 14.2 Å². The summed E-state index contributed by atoms with van der Waals surface area (Å²) in [7, 11) is 3.02. The van der Waals surface area contributed by atoms with Crippen LogP contribution >= 0.6 is 23.4 Å². The Morgan fingerprint density at radius 2 is 2.10 bits per heavy atom. The number of benzene rings is 1. The van der Waals surface area contributed by atoms with Crippen LogP contribution in [0.1, 0.15) is 0 Å². The van der Waals surface area contributed by atoms with Crippen molar-refractivity contribution in [3.05, 3.63) is 17.2 Å². The summed E-state index contributed by atoms with van der Waals surface area (Å²) < 4.78 is 10.4. The number of ether oxygens (including phenoxy) is 2. The molecule has 1 heterocycles. The topological polar surface area (TPSA) is 100 Å². The SMILES string of the molecule is COc1ccc(-c2nc(SCC(O)O)n[nH]2)c(Cl)c1OC. The first-order valence-electron chi connectivity index (χ1n) is 5.89. The van der Waals surface area contributed by atoms with E-state index in [1.807, 2.05) is 0 Å². The van der Waals surface area contributed by atoms with Crippen molar-refractivity contribution < 1.29 is 19.7 Å². The number of hydrogen-bond donors (Lipinski definition) is 3. The number of aliphatic hydroxyl groups excluding tert-OH is 1. The van der Waals surface area contributed by atoms with Crippen molar-refractivity contribution in [3.63, 3.8) is 0 Å². The van der Waals surface area contributed by atoms with Crippen LogP contribution in [0.15, 0.2) is 17.3 Å². The Hall–Kier alpha value is -1.48. The summed E-state index contributed by atoms with van der Waals surface area (Å²) in [6.45, 7) is 0. The van der Waals surface area contributed by atoms with Crippen LogP contribution in [0.5, 0.6) is 11.5 Å². The third kappa shape index (κ3) is 3.59. The molecule has 1 aromatic carbocycles. The lowest BCUT2D eigenvalue weighted by Gasteiger charge is -2.11. The second-order valence-corrected chi connectivity index (χ2v) is 5.29. The first-order valence-corrected chi connectivity index (χ1v) is 7.25. The molecule has 9 heteroatoms. The highest BCUT2D eigenvalue weighted by atomic mass is 35.5. The summed E-state index contributed by atoms with van der Waals surface area (Å²) in [4.78, 5) is 4.24. The summed E-state index contributed by atoms with van der Waals surface area (Å²) in [6, 6.07) is 3.45. The number of rotatable bonds is 6. The van der Waals surface area contributed by atoms with Crippen molar-refractivity contribution >= 4 is 23.4 Å². The number of hydrogen-bond acceptors (Lipinski definition) is 7. The van der Waals surface area contributed by atoms with Crippen LogP contribution in [-0.4, -0.2) is 51.7 Å². The number of thioether (sulfide) groups is 1. The molecule has 0 fully saturated rings. The summed E-state index contributed by atoms with van der Waals surface area (Å²) in [6.07, 6.45) is -1.42. The Morgan fingerprint density at radius 1 is 1.33 bits per heavy atom. The zero-order valence-corrected chi connectivity index (χ0v) is 12.9. The fourth-order valence-corrected chi connectivity index (χ4v) is 2.54. The average molecular weight is 332 g/mol. The van der Waals surface area contributed by atoms with E-state index in [-0.39, 0.29) is 5.75 Å². The fraction of sp³-hybridized carbons (Fsp3) is 0.333. The molecule has 0 bridgehead atoms. The highest BCUT2D eigenvalue weighted by Gasteiger charge is 2.17. The van der Waals surface area contributed by atoms with Crippen molar-refractivity contribution in [2.75, 3.05) is 20.0 Å². The van der Waals surface area contributed by atoms with Gasteiger partial charge < -0.3 is 19.7 Å². The van der Waals surface area contributed by atoms with Gasteiger partial charge in [-0.3, -0.25) is 5.10 Å². The van der Waals surface area contributed by atoms with Gasteiger partial charge in [0.2, 0.25) is 5.16 Å². The molecule has 0 saturated carbocycles. The third-order valence-electron chi connectivity index (χ3n) is 2.57. The molecule has 0 aliphatic heterocycles. The number of aromatic nitrogens is 3. The molecule has 0 unspecified atom stereocenters. The molecule has 0 aliphatic carbocycles. The molecular weight excluding hydrogens is 318 g/mol. The van der Waals surface area contributed by atoms with E-state index in [2.05, 4.69) is 15.2 Å². The number of methoxy groups -OCH3 is 2. The van der Waals surface area contributed by atoms with E-state index in [1.54, 1.807) is 12.1 Å². The molecule has 7 nitrogen and oxygen atoms in total. The van der Waals surface area contributed by atoms with Crippen LogP contribution < -0.4 is 9.47 Å². The highest BCUT2D eigenvalue weighted by Crippen LogP contribution is 2.40. The standard InChI is InChI=1S/C12H14ClN3O4S/c1-19-7-4-3-6(9(13)10(7)20-2)11-14-12(16-15-11)21-5-8(17)18/h3-4,8,17-18H,5H2,1-2H3,(H,14,15,16). The van der Waals surface area contributed by atoms with Gasteiger partial charge in [-0.1, -0.05) is 23.4 Å². The van der Waals surface area contributed by atoms with Crippen LogP contribution in [0.3, 0.4) is 0 Å². The van der Waals surface area contributed by atoms with Crippen molar-refractivity contribution in [2.24, 2.45) is 0 Å². The number of aromatic amines is 1. The minimum atomic E-state index is -1.42. The Labute approximate surface area is 130 Å². The van der Waals surface area contributed by atoms with Gasteiger partial charge in [0.05, 0.1) is 25.0 Å². The van der Waals surface area contributed by atoms with Gasteiger partial charge in [-0.25, -0.2) is 4.98 Å². The molecule has 21 heavy (non-hydrogen) atoms. The van der Waals surface area contributed by atoms with Crippen molar-refractivity contribution in [1.82, 2.24) is 15.2 Å². The maximum Gasteiger partial charge on any atom is 0.208 e. The Kier molecular flexibility index (Phi) is 5.29. The number of nitrogens with zero attached hydrogens (tertiary/aromatic N) is 2. The van der Waals surface area contributed by atoms with Gasteiger partial charge in [-0.2, -0.15) is 0 Å². The molecule has 0 spiro atoms. The first kappa shape index (κ1) is 15.9. The van der Waals surface area contributed by atoms with Crippen LogP contribution in [0.2, 0.25) is 5.02 Å². The number of H-pyrrole nitrogens is 1. The van der Waals surface area contributed by atoms with Crippen LogP contribution in [-0.2, 0) is 0 Å². The zero-order valence-electron chi connectivity index (χ0n) is 11.3. The van der Waals surface area contributed by atoms with Gasteiger partial charge in [0.15, 0.2) is 23.6 Å². The molecule has 1 aromatic heterocycles. The lowest BCUT2D eigenvalue weighted by Crippen LogP contribution is -2.07. The summed E-state index contributed by atoms with van der Waals surface area (Å²) in [5.74, 6) is 1.46. The molecule has 0 atom stereocenters. The predicted octanol–water partition coefficient (Wildman–Crippen LogP) is 1.55. The van der Waals surface area contributed by atoms with E-state index >= 15 is 0 Å². The second kappa shape index (κ2) is 6.99. The number of halogens is 1. The lowest BCUT2D eigenvalue weighted by molar-refractivity contribution is -0.0186. The molecule has 2 aromatic rings. The fourth-order valence-electron chi connectivity index (χ4n) is 1.65. The Morgan fingerprint density at radius 3 is 2.71 bits per heavy atom. The molecule has 0 aliphatic rings. The Balaban J connectivity index is 2.30. The highest BCUT2D eigenvalue weighted by molar-refractivity contribution is 7.99. The van der Waals surface area contributed by atoms with Gasteiger partial charge >= 0.3 is 0 Å². The lowest BCUT2D eigenvalue weighted by atomic mass is 10.2. The summed E-state index contributed by atoms with van der Waals surface area (Å²) in [5, 5.41) is 25.1. The Bertz CT molecular complexity index is 621. The van der Waals surface area contributed by atoms with Gasteiger partial charge in [-0.05, 0) is 12.1 Å². The van der Waals surface area contributed by atoms with Crippen LogP contribution in [0, 0.1) is 0 Å². The normalized spacial score (nSPS) is 11.0. The van der Waals surface area contributed by atoms with E-state index < -0.39 is 6.29 Å². The summed E-state index contributed by atoms with van der Waals surface area (Å²) >= 11 is 7.40. The minimum absolute atomic E-state index is 0.0803. The van der Waals surface area contributed by atoms with Gasteiger partial charge in [0.1, 0.15) is 0 Å². The third-order valence-corrected chi connectivity index (χ3v) is 3.85. The maximum atomic E-state index is 8.83. The molecular formula is C12H14ClN3O4S. The van der Waals surface area contributed by atoms with E-state index in [0.29, 0.717) is 33.1 Å². The molecule has 0 radical (unpaired) electrons. The number of nitrogens with one attached hydrogen (secondary N) is 1. The van der Waals surface area contributed by atoms with Crippen molar-refractivity contribution in [3.8, 4) is 22.9 Å². The molecule has 3 N–H and O–H groups in total. The van der Waals surface area contributed by atoms with Gasteiger partial charge in [-0.15, -0.1) is 5.10 Å². The van der Waals surface area contributed by atoms with Crippen LogP contribution in [0.25, 0.3) is 11.4 Å².